The van der Waals surface area contributed by atoms with Crippen LogP contribution < -0.4 is 5.32 Å². The molecule has 0 amide bonds. The van der Waals surface area contributed by atoms with Crippen molar-refractivity contribution in [2.45, 2.75) is 45.6 Å². The number of hydrogen-bond donors (Lipinski definition) is 2. The Bertz CT molecular complexity index is 375. The molecule has 0 aliphatic rings. The standard InChI is InChI=1S/C12H20BrN3O/c1-8(17)5-6-14-10-7-9(13)15-11(16-10)12(2,3)4/h7-8,17H,5-6H2,1-4H3,(H,14,15,16). The number of nitrogens with zero attached hydrogens (tertiary/aromatic N) is 2. The summed E-state index contributed by atoms with van der Waals surface area (Å²) in [6.45, 7) is 8.71. The van der Waals surface area contributed by atoms with Gasteiger partial charge in [-0.2, -0.15) is 0 Å². The molecule has 0 fully saturated rings. The highest BCUT2D eigenvalue weighted by molar-refractivity contribution is 9.10. The van der Waals surface area contributed by atoms with Crippen molar-refractivity contribution in [3.8, 4) is 0 Å². The summed E-state index contributed by atoms with van der Waals surface area (Å²) in [5.41, 5.74) is -0.0789. The van der Waals surface area contributed by atoms with Gasteiger partial charge in [0, 0.05) is 18.0 Å². The smallest absolute Gasteiger partial charge is 0.137 e. The van der Waals surface area contributed by atoms with Crippen molar-refractivity contribution in [3.05, 3.63) is 16.5 Å². The number of rotatable bonds is 4. The average Bonchev–Trinajstić information content (AvgIpc) is 2.14. The third kappa shape index (κ3) is 5.00. The summed E-state index contributed by atoms with van der Waals surface area (Å²) in [6.07, 6.45) is 0.404. The van der Waals surface area contributed by atoms with Gasteiger partial charge in [0.05, 0.1) is 6.10 Å². The number of aliphatic hydroxyl groups is 1. The molecule has 0 aliphatic carbocycles. The van der Waals surface area contributed by atoms with E-state index in [-0.39, 0.29) is 11.5 Å². The third-order valence-corrected chi connectivity index (χ3v) is 2.64. The first-order chi connectivity index (χ1) is 7.79. The van der Waals surface area contributed by atoms with E-state index < -0.39 is 0 Å². The minimum Gasteiger partial charge on any atom is -0.393 e. The topological polar surface area (TPSA) is 58.0 Å². The molecule has 0 aromatic carbocycles. The van der Waals surface area contributed by atoms with Crippen LogP contribution in [-0.2, 0) is 5.41 Å². The van der Waals surface area contributed by atoms with Crippen LogP contribution in [0.4, 0.5) is 5.82 Å². The molecule has 0 saturated carbocycles. The molecular weight excluding hydrogens is 282 g/mol. The van der Waals surface area contributed by atoms with Gasteiger partial charge >= 0.3 is 0 Å². The van der Waals surface area contributed by atoms with Gasteiger partial charge in [0.15, 0.2) is 0 Å². The maximum absolute atomic E-state index is 9.19. The Morgan fingerprint density at radius 1 is 1.41 bits per heavy atom. The summed E-state index contributed by atoms with van der Waals surface area (Å²) in [5, 5.41) is 12.4. The predicted octanol–water partition coefficient (Wildman–Crippen LogP) is 2.72. The summed E-state index contributed by atoms with van der Waals surface area (Å²) in [4.78, 5) is 8.83. The van der Waals surface area contributed by atoms with Gasteiger partial charge in [-0.25, -0.2) is 9.97 Å². The Morgan fingerprint density at radius 2 is 2.06 bits per heavy atom. The molecule has 1 aromatic rings. The van der Waals surface area contributed by atoms with E-state index in [1.807, 2.05) is 6.07 Å². The number of anilines is 1. The lowest BCUT2D eigenvalue weighted by Crippen LogP contribution is -2.18. The van der Waals surface area contributed by atoms with E-state index in [0.29, 0.717) is 13.0 Å². The van der Waals surface area contributed by atoms with Gasteiger partial charge in [-0.3, -0.25) is 0 Å². The summed E-state index contributed by atoms with van der Waals surface area (Å²) in [6, 6.07) is 1.84. The van der Waals surface area contributed by atoms with Crippen molar-refractivity contribution in [1.29, 1.82) is 0 Å². The molecular formula is C12H20BrN3O. The van der Waals surface area contributed by atoms with E-state index in [1.165, 1.54) is 0 Å². The average molecular weight is 302 g/mol. The molecule has 1 rings (SSSR count). The van der Waals surface area contributed by atoms with E-state index in [2.05, 4.69) is 52.0 Å². The van der Waals surface area contributed by atoms with Crippen molar-refractivity contribution in [1.82, 2.24) is 9.97 Å². The number of aromatic nitrogens is 2. The van der Waals surface area contributed by atoms with E-state index >= 15 is 0 Å². The lowest BCUT2D eigenvalue weighted by atomic mass is 9.96. The molecule has 1 unspecified atom stereocenters. The molecule has 0 spiro atoms. The zero-order chi connectivity index (χ0) is 13.1. The molecule has 0 radical (unpaired) electrons. The van der Waals surface area contributed by atoms with Crippen molar-refractivity contribution >= 4 is 21.7 Å². The number of nitrogens with one attached hydrogen (secondary N) is 1. The van der Waals surface area contributed by atoms with Crippen LogP contribution in [-0.4, -0.2) is 27.7 Å². The first kappa shape index (κ1) is 14.4. The second-order valence-electron chi connectivity index (χ2n) is 5.21. The Kier molecular flexibility index (Phi) is 4.89. The van der Waals surface area contributed by atoms with Gasteiger partial charge in [0.1, 0.15) is 16.2 Å². The third-order valence-electron chi connectivity index (χ3n) is 2.23. The van der Waals surface area contributed by atoms with Gasteiger partial charge in [-0.15, -0.1) is 0 Å². The lowest BCUT2D eigenvalue weighted by Gasteiger charge is -2.18. The zero-order valence-electron chi connectivity index (χ0n) is 10.8. The highest BCUT2D eigenvalue weighted by atomic mass is 79.9. The SMILES string of the molecule is CC(O)CCNc1cc(Br)nc(C(C)(C)C)n1. The van der Waals surface area contributed by atoms with Gasteiger partial charge in [0.2, 0.25) is 0 Å². The summed E-state index contributed by atoms with van der Waals surface area (Å²) < 4.78 is 0.775. The first-order valence-electron chi connectivity index (χ1n) is 5.76. The molecule has 4 nitrogen and oxygen atoms in total. The second-order valence-corrected chi connectivity index (χ2v) is 6.03. The van der Waals surface area contributed by atoms with Crippen LogP contribution in [0.3, 0.4) is 0 Å². The van der Waals surface area contributed by atoms with E-state index in [0.717, 1.165) is 16.2 Å². The van der Waals surface area contributed by atoms with Gasteiger partial charge in [-0.05, 0) is 29.3 Å². The maximum Gasteiger partial charge on any atom is 0.137 e. The molecule has 1 heterocycles. The Morgan fingerprint density at radius 3 is 2.59 bits per heavy atom. The van der Waals surface area contributed by atoms with E-state index in [9.17, 15) is 5.11 Å². The molecule has 1 aromatic heterocycles. The molecule has 17 heavy (non-hydrogen) atoms. The van der Waals surface area contributed by atoms with E-state index in [4.69, 9.17) is 0 Å². The van der Waals surface area contributed by atoms with E-state index in [1.54, 1.807) is 6.92 Å². The van der Waals surface area contributed by atoms with Crippen molar-refractivity contribution < 1.29 is 5.11 Å². The number of aliphatic hydroxyl groups excluding tert-OH is 1. The molecule has 5 heteroatoms. The Hall–Kier alpha value is -0.680. The highest BCUT2D eigenvalue weighted by Gasteiger charge is 2.18. The van der Waals surface area contributed by atoms with Gasteiger partial charge < -0.3 is 10.4 Å². The van der Waals surface area contributed by atoms with Gasteiger partial charge in [-0.1, -0.05) is 20.8 Å². The largest absolute Gasteiger partial charge is 0.393 e. The number of hydrogen-bond acceptors (Lipinski definition) is 4. The van der Waals surface area contributed by atoms with Gasteiger partial charge in [0.25, 0.3) is 0 Å². The molecule has 2 N–H and O–H groups in total. The van der Waals surface area contributed by atoms with Crippen LogP contribution in [0.2, 0.25) is 0 Å². The minimum atomic E-state index is -0.296. The van der Waals surface area contributed by atoms with Crippen molar-refractivity contribution in [3.63, 3.8) is 0 Å². The number of halogens is 1. The quantitative estimate of drug-likeness (QED) is 0.840. The highest BCUT2D eigenvalue weighted by Crippen LogP contribution is 2.22. The van der Waals surface area contributed by atoms with Crippen LogP contribution in [0.15, 0.2) is 10.7 Å². The fourth-order valence-electron chi connectivity index (χ4n) is 1.25. The Labute approximate surface area is 111 Å². The molecule has 0 aliphatic heterocycles. The summed E-state index contributed by atoms with van der Waals surface area (Å²) in [5.74, 6) is 1.59. The Balaban J connectivity index is 2.76. The summed E-state index contributed by atoms with van der Waals surface area (Å²) >= 11 is 3.39. The monoisotopic (exact) mass is 301 g/mol. The maximum atomic E-state index is 9.19. The normalized spacial score (nSPS) is 13.5. The zero-order valence-corrected chi connectivity index (χ0v) is 12.4. The summed E-state index contributed by atoms with van der Waals surface area (Å²) in [7, 11) is 0. The van der Waals surface area contributed by atoms with Crippen LogP contribution in [0.25, 0.3) is 0 Å². The molecule has 0 bridgehead atoms. The molecule has 1 atom stereocenters. The van der Waals surface area contributed by atoms with Crippen LogP contribution in [0, 0.1) is 0 Å². The predicted molar refractivity (Wildman–Crippen MR) is 73.2 cm³/mol. The minimum absolute atomic E-state index is 0.0789. The fourth-order valence-corrected chi connectivity index (χ4v) is 1.64. The molecule has 96 valence electrons. The lowest BCUT2D eigenvalue weighted by molar-refractivity contribution is 0.188. The van der Waals surface area contributed by atoms with Crippen LogP contribution >= 0.6 is 15.9 Å². The first-order valence-corrected chi connectivity index (χ1v) is 6.55. The van der Waals surface area contributed by atoms with Crippen molar-refractivity contribution in [2.24, 2.45) is 0 Å². The fraction of sp³-hybridized carbons (Fsp3) is 0.667. The second kappa shape index (κ2) is 5.78. The van der Waals surface area contributed by atoms with Crippen LogP contribution in [0.1, 0.15) is 39.9 Å². The van der Waals surface area contributed by atoms with Crippen molar-refractivity contribution in [2.75, 3.05) is 11.9 Å². The molecule has 0 saturated heterocycles. The van der Waals surface area contributed by atoms with Crippen LogP contribution in [0.5, 0.6) is 0 Å².